The first-order valence-electron chi connectivity index (χ1n) is 8.95. The highest BCUT2D eigenvalue weighted by Gasteiger charge is 2.18. The molecule has 0 aliphatic heterocycles. The van der Waals surface area contributed by atoms with Crippen LogP contribution in [0, 0.1) is 11.6 Å². The van der Waals surface area contributed by atoms with Gasteiger partial charge in [-0.1, -0.05) is 12.1 Å². The molecule has 0 radical (unpaired) electrons. The van der Waals surface area contributed by atoms with Gasteiger partial charge in [0, 0.05) is 6.07 Å². The summed E-state index contributed by atoms with van der Waals surface area (Å²) in [5, 5.41) is 2.73. The molecule has 0 aliphatic carbocycles. The number of fused-ring (bicyclic) bond motifs is 1. The van der Waals surface area contributed by atoms with Crippen molar-refractivity contribution in [2.45, 2.75) is 13.1 Å². The van der Waals surface area contributed by atoms with E-state index in [-0.39, 0.29) is 17.4 Å². The van der Waals surface area contributed by atoms with Crippen LogP contribution in [0.15, 0.2) is 74.9 Å². The van der Waals surface area contributed by atoms with Crippen LogP contribution in [0.5, 0.6) is 0 Å². The zero-order chi connectivity index (χ0) is 21.3. The number of carbonyl (C=O) groups is 1. The van der Waals surface area contributed by atoms with Crippen LogP contribution in [0.2, 0.25) is 0 Å². The lowest BCUT2D eigenvalue weighted by Gasteiger charge is -2.14. The average Bonchev–Trinajstić information content (AvgIpc) is 3.25. The van der Waals surface area contributed by atoms with Crippen LogP contribution in [0.1, 0.15) is 5.76 Å². The number of rotatable bonds is 5. The fourth-order valence-electron chi connectivity index (χ4n) is 3.15. The largest absolute Gasteiger partial charge is 0.467 e. The summed E-state index contributed by atoms with van der Waals surface area (Å²) in [6, 6.07) is 12.1. The van der Waals surface area contributed by atoms with E-state index in [0.29, 0.717) is 16.4 Å². The average molecular weight is 411 g/mol. The Balaban J connectivity index is 1.81. The Morgan fingerprint density at radius 3 is 2.57 bits per heavy atom. The zero-order valence-electron chi connectivity index (χ0n) is 15.5. The molecule has 1 N–H and O–H groups in total. The smallest absolute Gasteiger partial charge is 0.336 e. The highest BCUT2D eigenvalue weighted by atomic mass is 19.1. The number of nitrogens with one attached hydrogen (secondary N) is 1. The van der Waals surface area contributed by atoms with E-state index in [1.165, 1.54) is 18.4 Å². The standard InChI is InChI=1S/C21H15F2N3O4/c22-13-7-8-18(16(23)10-13)26-20(28)15-5-1-2-6-17(15)25(21(26)29)12-19(27)24-11-14-4-3-9-30-14/h1-10H,11-12H2,(H,24,27). The summed E-state index contributed by atoms with van der Waals surface area (Å²) in [7, 11) is 0. The van der Waals surface area contributed by atoms with E-state index in [9.17, 15) is 23.2 Å². The van der Waals surface area contributed by atoms with Crippen molar-refractivity contribution in [1.29, 1.82) is 0 Å². The number of halogens is 2. The number of carbonyl (C=O) groups excluding carboxylic acids is 1. The fraction of sp³-hybridized carbons (Fsp3) is 0.0952. The maximum absolute atomic E-state index is 14.3. The van der Waals surface area contributed by atoms with Crippen LogP contribution in [-0.2, 0) is 17.9 Å². The molecular weight excluding hydrogens is 396 g/mol. The maximum atomic E-state index is 14.3. The van der Waals surface area contributed by atoms with Crippen LogP contribution in [0.25, 0.3) is 16.6 Å². The molecule has 30 heavy (non-hydrogen) atoms. The van der Waals surface area contributed by atoms with Crippen molar-refractivity contribution in [1.82, 2.24) is 14.5 Å². The summed E-state index contributed by atoms with van der Waals surface area (Å²) in [6.07, 6.45) is 1.46. The Morgan fingerprint density at radius 2 is 1.83 bits per heavy atom. The Morgan fingerprint density at radius 1 is 1.03 bits per heavy atom. The van der Waals surface area contributed by atoms with Crippen molar-refractivity contribution in [3.63, 3.8) is 0 Å². The third-order valence-electron chi connectivity index (χ3n) is 4.54. The second-order valence-electron chi connectivity index (χ2n) is 6.48. The van der Waals surface area contributed by atoms with E-state index in [2.05, 4.69) is 5.32 Å². The predicted molar refractivity (Wildman–Crippen MR) is 104 cm³/mol. The Bertz CT molecular complexity index is 1360. The van der Waals surface area contributed by atoms with Crippen molar-refractivity contribution >= 4 is 16.8 Å². The quantitative estimate of drug-likeness (QED) is 0.546. The van der Waals surface area contributed by atoms with Crippen molar-refractivity contribution in [3.8, 4) is 5.69 Å². The lowest BCUT2D eigenvalue weighted by molar-refractivity contribution is -0.121. The predicted octanol–water partition coefficient (Wildman–Crippen LogP) is 2.34. The normalized spacial score (nSPS) is 11.0. The number of furan rings is 1. The molecule has 0 saturated carbocycles. The molecule has 0 aliphatic rings. The van der Waals surface area contributed by atoms with Gasteiger partial charge in [0.2, 0.25) is 5.91 Å². The third kappa shape index (κ3) is 3.52. The molecule has 2 aromatic heterocycles. The Kier molecular flexibility index (Phi) is 5.01. The van der Waals surface area contributed by atoms with Crippen LogP contribution in [-0.4, -0.2) is 15.0 Å². The van der Waals surface area contributed by atoms with Gasteiger partial charge < -0.3 is 9.73 Å². The van der Waals surface area contributed by atoms with Crippen LogP contribution in [0.3, 0.4) is 0 Å². The summed E-state index contributed by atoms with van der Waals surface area (Å²) < 4.78 is 34.4. The first kappa shape index (κ1) is 19.3. The fourth-order valence-corrected chi connectivity index (χ4v) is 3.15. The maximum Gasteiger partial charge on any atom is 0.336 e. The second-order valence-corrected chi connectivity index (χ2v) is 6.48. The van der Waals surface area contributed by atoms with Gasteiger partial charge in [0.25, 0.3) is 5.56 Å². The van der Waals surface area contributed by atoms with Gasteiger partial charge in [-0.2, -0.15) is 0 Å². The van der Waals surface area contributed by atoms with E-state index in [1.807, 2.05) is 0 Å². The summed E-state index contributed by atoms with van der Waals surface area (Å²) >= 11 is 0. The highest BCUT2D eigenvalue weighted by molar-refractivity contribution is 5.81. The number of para-hydroxylation sites is 1. The molecule has 0 unspecified atom stereocenters. The van der Waals surface area contributed by atoms with Crippen molar-refractivity contribution in [2.75, 3.05) is 0 Å². The molecule has 2 heterocycles. The molecule has 4 aromatic rings. The molecule has 0 saturated heterocycles. The molecule has 0 fully saturated rings. The highest BCUT2D eigenvalue weighted by Crippen LogP contribution is 2.14. The molecule has 1 amide bonds. The van der Waals surface area contributed by atoms with Gasteiger partial charge >= 0.3 is 5.69 Å². The molecule has 0 spiro atoms. The van der Waals surface area contributed by atoms with Crippen LogP contribution >= 0.6 is 0 Å². The molecule has 0 atom stereocenters. The first-order chi connectivity index (χ1) is 14.5. The van der Waals surface area contributed by atoms with E-state index in [1.54, 1.807) is 24.3 Å². The van der Waals surface area contributed by atoms with E-state index in [0.717, 1.165) is 16.7 Å². The lowest BCUT2D eigenvalue weighted by atomic mass is 10.2. The van der Waals surface area contributed by atoms with E-state index < -0.39 is 41.0 Å². The molecule has 4 rings (SSSR count). The van der Waals surface area contributed by atoms with Gasteiger partial charge in [0.05, 0.1) is 29.4 Å². The molecule has 9 heteroatoms. The monoisotopic (exact) mass is 411 g/mol. The van der Waals surface area contributed by atoms with Crippen molar-refractivity contribution in [2.24, 2.45) is 0 Å². The number of hydrogen-bond acceptors (Lipinski definition) is 4. The molecular formula is C21H15F2N3O4. The summed E-state index contributed by atoms with van der Waals surface area (Å²) in [5.41, 5.74) is -1.87. The van der Waals surface area contributed by atoms with Gasteiger partial charge in [-0.25, -0.2) is 18.1 Å². The van der Waals surface area contributed by atoms with Gasteiger partial charge in [0.1, 0.15) is 23.9 Å². The van der Waals surface area contributed by atoms with E-state index in [4.69, 9.17) is 4.42 Å². The number of nitrogens with zero attached hydrogens (tertiary/aromatic N) is 2. The van der Waals surface area contributed by atoms with Crippen LogP contribution in [0.4, 0.5) is 8.78 Å². The number of benzene rings is 2. The number of aromatic nitrogens is 2. The third-order valence-corrected chi connectivity index (χ3v) is 4.54. The first-order valence-corrected chi connectivity index (χ1v) is 8.95. The Labute approximate surface area is 167 Å². The molecule has 152 valence electrons. The topological polar surface area (TPSA) is 86.2 Å². The second kappa shape index (κ2) is 7.78. The van der Waals surface area contributed by atoms with E-state index >= 15 is 0 Å². The van der Waals surface area contributed by atoms with Crippen molar-refractivity contribution < 1.29 is 18.0 Å². The van der Waals surface area contributed by atoms with Gasteiger partial charge in [-0.05, 0) is 36.4 Å². The zero-order valence-corrected chi connectivity index (χ0v) is 15.5. The minimum atomic E-state index is -1.07. The summed E-state index contributed by atoms with van der Waals surface area (Å²) in [4.78, 5) is 38.4. The molecule has 0 bridgehead atoms. The van der Waals surface area contributed by atoms with Gasteiger partial charge in [0.15, 0.2) is 0 Å². The molecule has 7 nitrogen and oxygen atoms in total. The van der Waals surface area contributed by atoms with Crippen molar-refractivity contribution in [3.05, 3.63) is 99.1 Å². The summed E-state index contributed by atoms with van der Waals surface area (Å²) in [5.74, 6) is -1.90. The van der Waals surface area contributed by atoms with Gasteiger partial charge in [-0.15, -0.1) is 0 Å². The Hall–Kier alpha value is -4.01. The minimum Gasteiger partial charge on any atom is -0.467 e. The number of amides is 1. The van der Waals surface area contributed by atoms with Crippen LogP contribution < -0.4 is 16.6 Å². The summed E-state index contributed by atoms with van der Waals surface area (Å²) in [6.45, 7) is -0.298. The number of hydrogen-bond donors (Lipinski definition) is 1. The SMILES string of the molecule is O=C(Cn1c(=O)n(-c2ccc(F)cc2F)c(=O)c2ccccc21)NCc1ccco1. The van der Waals surface area contributed by atoms with Gasteiger partial charge in [-0.3, -0.25) is 14.2 Å². The lowest BCUT2D eigenvalue weighted by Crippen LogP contribution is -2.42. The minimum absolute atomic E-state index is 0.111. The molecule has 2 aromatic carbocycles.